The van der Waals surface area contributed by atoms with Crippen molar-refractivity contribution in [2.24, 2.45) is 4.99 Å². The van der Waals surface area contributed by atoms with Gasteiger partial charge in [0.05, 0.1) is 41.6 Å². The van der Waals surface area contributed by atoms with Crippen LogP contribution in [0.2, 0.25) is 0 Å². The second-order valence-corrected chi connectivity index (χ2v) is 10.8. The number of thiophene rings is 1. The van der Waals surface area contributed by atoms with Gasteiger partial charge in [0.15, 0.2) is 0 Å². The average molecular weight is 494 g/mol. The number of aryl methyl sites for hydroxylation is 1. The standard InChI is InChI=1S/C27H32FN5OS/c1-19-9-8-10-21(22(19)14-29)15-31(4)26(34)25-23(30-18-32-11-6-5-7-12-32)13-24(35-25)20(2)33-16-27(3,28)17-33/h8-10,13,18H,2,5-7,11-12,15-17H2,1,3-4H3. The van der Waals surface area contributed by atoms with Crippen LogP contribution in [0, 0.1) is 18.3 Å². The van der Waals surface area contributed by atoms with E-state index < -0.39 is 5.67 Å². The first-order valence-corrected chi connectivity index (χ1v) is 12.8. The number of hydrogen-bond acceptors (Lipinski definition) is 5. The van der Waals surface area contributed by atoms with E-state index in [1.54, 1.807) is 18.9 Å². The molecule has 0 aliphatic carbocycles. The van der Waals surface area contributed by atoms with Gasteiger partial charge >= 0.3 is 0 Å². The maximum Gasteiger partial charge on any atom is 0.266 e. The fourth-order valence-electron chi connectivity index (χ4n) is 4.57. The highest BCUT2D eigenvalue weighted by Gasteiger charge is 2.40. The van der Waals surface area contributed by atoms with E-state index in [1.807, 2.05) is 42.4 Å². The van der Waals surface area contributed by atoms with Gasteiger partial charge in [0, 0.05) is 32.4 Å². The molecule has 0 bridgehead atoms. The molecule has 1 amide bonds. The molecule has 0 N–H and O–H groups in total. The number of nitriles is 1. The molecular formula is C27H32FN5OS. The van der Waals surface area contributed by atoms with Gasteiger partial charge < -0.3 is 14.7 Å². The molecule has 2 aliphatic rings. The number of rotatable bonds is 7. The van der Waals surface area contributed by atoms with Crippen LogP contribution in [0.5, 0.6) is 0 Å². The van der Waals surface area contributed by atoms with Crippen molar-refractivity contribution in [3.05, 3.63) is 57.3 Å². The predicted molar refractivity (Wildman–Crippen MR) is 140 cm³/mol. The molecule has 0 atom stereocenters. The Kier molecular flexibility index (Phi) is 7.27. The molecule has 0 spiro atoms. The van der Waals surface area contributed by atoms with Gasteiger partial charge in [-0.1, -0.05) is 24.8 Å². The van der Waals surface area contributed by atoms with Gasteiger partial charge in [0.1, 0.15) is 10.5 Å². The number of aliphatic imine (C=N–C) groups is 1. The van der Waals surface area contributed by atoms with Gasteiger partial charge in [0.25, 0.3) is 5.91 Å². The molecule has 184 valence electrons. The van der Waals surface area contributed by atoms with E-state index in [1.165, 1.54) is 17.8 Å². The Morgan fingerprint density at radius 3 is 2.71 bits per heavy atom. The Morgan fingerprint density at radius 2 is 2.06 bits per heavy atom. The number of benzene rings is 1. The smallest absolute Gasteiger partial charge is 0.266 e. The van der Waals surface area contributed by atoms with Gasteiger partial charge in [-0.05, 0) is 50.3 Å². The molecule has 6 nitrogen and oxygen atoms in total. The molecule has 0 radical (unpaired) electrons. The lowest BCUT2D eigenvalue weighted by molar-refractivity contribution is 0.0238. The summed E-state index contributed by atoms with van der Waals surface area (Å²) in [6.45, 7) is 10.5. The van der Waals surface area contributed by atoms with Crippen LogP contribution in [0.3, 0.4) is 0 Å². The highest BCUT2D eigenvalue weighted by molar-refractivity contribution is 7.15. The monoisotopic (exact) mass is 493 g/mol. The summed E-state index contributed by atoms with van der Waals surface area (Å²) in [6.07, 6.45) is 5.34. The Labute approximate surface area is 211 Å². The third-order valence-electron chi connectivity index (χ3n) is 6.59. The van der Waals surface area contributed by atoms with Crippen molar-refractivity contribution < 1.29 is 9.18 Å². The minimum Gasteiger partial charge on any atom is -0.364 e. The van der Waals surface area contributed by atoms with Crippen molar-refractivity contribution in [2.45, 2.75) is 45.3 Å². The van der Waals surface area contributed by atoms with Crippen LogP contribution in [-0.4, -0.2) is 65.8 Å². The van der Waals surface area contributed by atoms with Crippen LogP contribution in [0.4, 0.5) is 10.1 Å². The number of nitrogens with zero attached hydrogens (tertiary/aromatic N) is 5. The lowest BCUT2D eigenvalue weighted by Crippen LogP contribution is -2.55. The molecule has 2 aromatic rings. The number of piperidine rings is 1. The molecule has 35 heavy (non-hydrogen) atoms. The molecular weight excluding hydrogens is 461 g/mol. The molecule has 1 aromatic carbocycles. The molecule has 8 heteroatoms. The topological polar surface area (TPSA) is 62.9 Å². The SMILES string of the molecule is C=C(c1cc(N=CN2CCCCC2)c(C(=O)N(C)Cc2cccc(C)c2C#N)s1)N1CC(C)(F)C1. The second-order valence-electron chi connectivity index (χ2n) is 9.76. The van der Waals surface area contributed by atoms with Gasteiger partial charge in [-0.2, -0.15) is 5.26 Å². The molecule has 3 heterocycles. The Hall–Kier alpha value is -3.18. The van der Waals surface area contributed by atoms with Crippen LogP contribution in [0.1, 0.15) is 57.4 Å². The highest BCUT2D eigenvalue weighted by atomic mass is 32.1. The fourth-order valence-corrected chi connectivity index (χ4v) is 5.66. The van der Waals surface area contributed by atoms with E-state index in [4.69, 9.17) is 4.99 Å². The molecule has 2 fully saturated rings. The number of amides is 1. The number of likely N-dealkylation sites (tertiary alicyclic amines) is 2. The zero-order chi connectivity index (χ0) is 25.2. The van der Waals surface area contributed by atoms with Gasteiger partial charge in [-0.3, -0.25) is 4.79 Å². The number of halogens is 1. The third-order valence-corrected chi connectivity index (χ3v) is 7.75. The Balaban J connectivity index is 1.59. The normalized spacial score (nSPS) is 17.2. The van der Waals surface area contributed by atoms with Crippen LogP contribution < -0.4 is 0 Å². The van der Waals surface area contributed by atoms with Crippen LogP contribution >= 0.6 is 11.3 Å². The maximum absolute atomic E-state index is 14.1. The average Bonchev–Trinajstić information content (AvgIpc) is 3.25. The lowest BCUT2D eigenvalue weighted by Gasteiger charge is -2.44. The zero-order valence-corrected chi connectivity index (χ0v) is 21.5. The summed E-state index contributed by atoms with van der Waals surface area (Å²) in [5.41, 5.74) is 2.41. The number of alkyl halides is 1. The minimum atomic E-state index is -1.21. The largest absolute Gasteiger partial charge is 0.364 e. The van der Waals surface area contributed by atoms with Crippen molar-refractivity contribution >= 4 is 35.0 Å². The highest BCUT2D eigenvalue weighted by Crippen LogP contribution is 2.39. The third kappa shape index (κ3) is 5.57. The summed E-state index contributed by atoms with van der Waals surface area (Å²) in [6, 6.07) is 9.81. The molecule has 2 saturated heterocycles. The first-order chi connectivity index (χ1) is 16.7. The maximum atomic E-state index is 14.1. The second kappa shape index (κ2) is 10.2. The van der Waals surface area contributed by atoms with Crippen molar-refractivity contribution in [1.82, 2.24) is 14.7 Å². The zero-order valence-electron chi connectivity index (χ0n) is 20.7. The fraction of sp³-hybridized carbons (Fsp3) is 0.444. The van der Waals surface area contributed by atoms with Crippen molar-refractivity contribution in [3.63, 3.8) is 0 Å². The van der Waals surface area contributed by atoms with E-state index in [0.29, 0.717) is 41.5 Å². The summed E-state index contributed by atoms with van der Waals surface area (Å²) in [4.78, 5) is 25.3. The van der Waals surface area contributed by atoms with E-state index in [-0.39, 0.29) is 5.91 Å². The lowest BCUT2D eigenvalue weighted by atomic mass is 9.98. The summed E-state index contributed by atoms with van der Waals surface area (Å²) in [5, 5.41) is 9.57. The molecule has 0 unspecified atom stereocenters. The molecule has 4 rings (SSSR count). The summed E-state index contributed by atoms with van der Waals surface area (Å²) < 4.78 is 14.1. The molecule has 0 saturated carbocycles. The Morgan fingerprint density at radius 1 is 1.34 bits per heavy atom. The summed E-state index contributed by atoms with van der Waals surface area (Å²) >= 11 is 1.34. The first kappa shape index (κ1) is 24.9. The van der Waals surface area contributed by atoms with Crippen molar-refractivity contribution in [2.75, 3.05) is 33.2 Å². The number of carbonyl (C=O) groups is 1. The van der Waals surface area contributed by atoms with E-state index in [9.17, 15) is 14.4 Å². The van der Waals surface area contributed by atoms with Gasteiger partial charge in [0.2, 0.25) is 0 Å². The summed E-state index contributed by atoms with van der Waals surface area (Å²) in [7, 11) is 1.74. The molecule has 2 aliphatic heterocycles. The minimum absolute atomic E-state index is 0.163. The van der Waals surface area contributed by atoms with E-state index >= 15 is 0 Å². The van der Waals surface area contributed by atoms with E-state index in [2.05, 4.69) is 17.5 Å². The predicted octanol–water partition coefficient (Wildman–Crippen LogP) is 5.36. The summed E-state index contributed by atoms with van der Waals surface area (Å²) in [5.74, 6) is -0.163. The van der Waals surface area contributed by atoms with E-state index in [0.717, 1.165) is 41.9 Å². The quantitative estimate of drug-likeness (QED) is 0.385. The van der Waals surface area contributed by atoms with Gasteiger partial charge in [-0.15, -0.1) is 11.3 Å². The number of hydrogen-bond donors (Lipinski definition) is 0. The van der Waals surface area contributed by atoms with Gasteiger partial charge in [-0.25, -0.2) is 9.38 Å². The first-order valence-electron chi connectivity index (χ1n) is 12.0. The number of carbonyl (C=O) groups excluding carboxylic acids is 1. The van der Waals surface area contributed by atoms with Crippen LogP contribution in [0.15, 0.2) is 35.8 Å². The van der Waals surface area contributed by atoms with Crippen LogP contribution in [-0.2, 0) is 6.54 Å². The van der Waals surface area contributed by atoms with Crippen molar-refractivity contribution in [3.8, 4) is 6.07 Å². The Bertz CT molecular complexity index is 1180. The molecule has 1 aromatic heterocycles. The van der Waals surface area contributed by atoms with Crippen molar-refractivity contribution in [1.29, 1.82) is 5.26 Å². The van der Waals surface area contributed by atoms with Crippen LogP contribution in [0.25, 0.3) is 5.70 Å².